The first-order valence-corrected chi connectivity index (χ1v) is 13.8. The van der Waals surface area contributed by atoms with E-state index >= 15 is 4.39 Å². The molecule has 12 heteroatoms. The van der Waals surface area contributed by atoms with E-state index < -0.39 is 46.8 Å². The number of carbonyl (C=O) groups is 2. The number of halogens is 4. The molecule has 0 aliphatic heterocycles. The fourth-order valence-corrected chi connectivity index (χ4v) is 5.42. The summed E-state index contributed by atoms with van der Waals surface area (Å²) in [6.07, 6.45) is -0.633. The molecule has 214 valence electrons. The molecule has 4 rings (SSSR count). The highest BCUT2D eigenvalue weighted by atomic mass is 32.1. The van der Waals surface area contributed by atoms with Crippen molar-refractivity contribution in [2.75, 3.05) is 4.90 Å². The molecular formula is C28H29F4N3O4S. The second kappa shape index (κ2) is 11.9. The Bertz CT molecular complexity index is 1370. The summed E-state index contributed by atoms with van der Waals surface area (Å²) < 4.78 is 62.3. The molecule has 0 atom stereocenters. The molecule has 0 radical (unpaired) electrons. The summed E-state index contributed by atoms with van der Waals surface area (Å²) in [6.45, 7) is 5.47. The second-order valence-corrected chi connectivity index (χ2v) is 11.0. The average molecular weight is 580 g/mol. The van der Waals surface area contributed by atoms with Crippen molar-refractivity contribution in [3.05, 3.63) is 63.5 Å². The Hall–Kier alpha value is -3.54. The maximum Gasteiger partial charge on any atom is 0.421 e. The van der Waals surface area contributed by atoms with Gasteiger partial charge in [0.2, 0.25) is 11.8 Å². The van der Waals surface area contributed by atoms with Crippen molar-refractivity contribution in [1.29, 1.82) is 0 Å². The van der Waals surface area contributed by atoms with Crippen molar-refractivity contribution in [3.63, 3.8) is 0 Å². The Kier molecular flexibility index (Phi) is 8.77. The van der Waals surface area contributed by atoms with E-state index in [1.54, 1.807) is 24.7 Å². The van der Waals surface area contributed by atoms with Crippen LogP contribution in [-0.4, -0.2) is 33.0 Å². The summed E-state index contributed by atoms with van der Waals surface area (Å²) >= 11 is 1.30. The van der Waals surface area contributed by atoms with E-state index in [9.17, 15) is 27.9 Å². The lowest BCUT2D eigenvalue weighted by Gasteiger charge is -2.34. The monoisotopic (exact) mass is 579 g/mol. The van der Waals surface area contributed by atoms with Gasteiger partial charge in [-0.25, -0.2) is 19.2 Å². The van der Waals surface area contributed by atoms with Crippen molar-refractivity contribution < 1.29 is 37.0 Å². The summed E-state index contributed by atoms with van der Waals surface area (Å²) in [4.78, 5) is 34.7. The molecule has 0 unspecified atom stereocenters. The van der Waals surface area contributed by atoms with Gasteiger partial charge in [0.1, 0.15) is 5.56 Å². The smallest absolute Gasteiger partial charge is 0.421 e. The number of amides is 1. The number of aromatic carboxylic acids is 1. The number of carbonyl (C=O) groups excluding carboxylic acids is 1. The van der Waals surface area contributed by atoms with Crippen molar-refractivity contribution in [1.82, 2.24) is 9.97 Å². The number of alkyl halides is 3. The minimum atomic E-state index is -4.88. The summed E-state index contributed by atoms with van der Waals surface area (Å²) in [5, 5.41) is 11.6. The van der Waals surface area contributed by atoms with Crippen LogP contribution in [0.3, 0.4) is 0 Å². The first-order chi connectivity index (χ1) is 18.8. The number of aromatic nitrogens is 2. The van der Waals surface area contributed by atoms with Gasteiger partial charge in [-0.05, 0) is 57.1 Å². The van der Waals surface area contributed by atoms with Crippen LogP contribution in [0.4, 0.5) is 23.2 Å². The zero-order chi connectivity index (χ0) is 29.2. The first-order valence-electron chi connectivity index (χ1n) is 12.9. The Labute approximate surface area is 232 Å². The summed E-state index contributed by atoms with van der Waals surface area (Å²) in [6, 6.07) is 1.96. The molecule has 1 fully saturated rings. The molecule has 0 spiro atoms. The number of anilines is 1. The van der Waals surface area contributed by atoms with E-state index in [-0.39, 0.29) is 29.5 Å². The van der Waals surface area contributed by atoms with Gasteiger partial charge in [0, 0.05) is 42.1 Å². The van der Waals surface area contributed by atoms with E-state index in [1.165, 1.54) is 22.4 Å². The van der Waals surface area contributed by atoms with Crippen molar-refractivity contribution in [2.45, 2.75) is 65.1 Å². The van der Waals surface area contributed by atoms with Gasteiger partial charge in [0.05, 0.1) is 22.5 Å². The Morgan fingerprint density at radius 2 is 1.85 bits per heavy atom. The quantitative estimate of drug-likeness (QED) is 0.281. The molecule has 1 amide bonds. The zero-order valence-electron chi connectivity index (χ0n) is 22.2. The van der Waals surface area contributed by atoms with Gasteiger partial charge < -0.3 is 14.7 Å². The van der Waals surface area contributed by atoms with Crippen LogP contribution in [0.25, 0.3) is 0 Å². The molecule has 1 saturated carbocycles. The maximum absolute atomic E-state index is 15.3. The molecule has 1 aliphatic rings. The summed E-state index contributed by atoms with van der Waals surface area (Å²) in [5.74, 6) is -4.46. The topological polar surface area (TPSA) is 92.6 Å². The van der Waals surface area contributed by atoms with Gasteiger partial charge in [0.25, 0.3) is 0 Å². The number of pyridine rings is 1. The molecule has 3 aromatic rings. The highest BCUT2D eigenvalue weighted by molar-refractivity contribution is 7.07. The number of carboxylic acid groups (broad SMARTS) is 1. The third-order valence-electron chi connectivity index (χ3n) is 6.95. The maximum atomic E-state index is 15.3. The van der Waals surface area contributed by atoms with Crippen LogP contribution >= 0.6 is 11.3 Å². The van der Waals surface area contributed by atoms with Crippen LogP contribution in [0.2, 0.25) is 0 Å². The fourth-order valence-electron chi connectivity index (χ4n) is 4.86. The first kappa shape index (κ1) is 29.4. The number of ether oxygens (including phenoxy) is 1. The lowest BCUT2D eigenvalue weighted by Crippen LogP contribution is -2.43. The number of hydrogen-bond acceptors (Lipinski definition) is 6. The summed E-state index contributed by atoms with van der Waals surface area (Å²) in [5.41, 5.74) is 0.436. The number of rotatable bonds is 8. The number of nitrogens with zero attached hydrogens (tertiary/aromatic N) is 3. The second-order valence-electron chi connectivity index (χ2n) is 10.3. The predicted molar refractivity (Wildman–Crippen MR) is 141 cm³/mol. The Balaban J connectivity index is 1.70. The van der Waals surface area contributed by atoms with Gasteiger partial charge >= 0.3 is 12.1 Å². The number of carboxylic acids is 1. The van der Waals surface area contributed by atoms with Crippen molar-refractivity contribution >= 4 is 28.9 Å². The van der Waals surface area contributed by atoms with E-state index in [4.69, 9.17) is 4.74 Å². The standard InChI is InChI=1S/C28H29F4N3O4S/c1-15(2)35(26(36)18-6-4-16(3)5-7-18)23-11-22(29)24(10-20(23)27(37)38)39-25-21(28(30,31)32)9-17(12-33-25)8-19-13-40-14-34-19/h9-16,18H,4-8H2,1-3H3,(H,37,38). The molecule has 2 aromatic heterocycles. The number of benzene rings is 1. The Morgan fingerprint density at radius 1 is 1.15 bits per heavy atom. The van der Waals surface area contributed by atoms with Crippen molar-refractivity contribution in [2.24, 2.45) is 11.8 Å². The van der Waals surface area contributed by atoms with Gasteiger partial charge in [-0.15, -0.1) is 11.3 Å². The van der Waals surface area contributed by atoms with Crippen LogP contribution in [0.15, 0.2) is 35.3 Å². The normalized spacial score (nSPS) is 17.6. The van der Waals surface area contributed by atoms with Crippen LogP contribution in [-0.2, 0) is 17.4 Å². The van der Waals surface area contributed by atoms with Gasteiger partial charge in [0.15, 0.2) is 11.6 Å². The molecule has 2 heterocycles. The number of thiazole rings is 1. The van der Waals surface area contributed by atoms with E-state index in [0.717, 1.165) is 31.0 Å². The van der Waals surface area contributed by atoms with Gasteiger partial charge in [-0.3, -0.25) is 4.79 Å². The third kappa shape index (κ3) is 6.60. The lowest BCUT2D eigenvalue weighted by molar-refractivity contribution is -0.139. The molecule has 1 aliphatic carbocycles. The van der Waals surface area contributed by atoms with Crippen LogP contribution in [0.1, 0.15) is 73.6 Å². The van der Waals surface area contributed by atoms with E-state index in [0.29, 0.717) is 24.5 Å². The summed E-state index contributed by atoms with van der Waals surface area (Å²) in [7, 11) is 0. The molecule has 0 bridgehead atoms. The number of hydrogen-bond donors (Lipinski definition) is 1. The van der Waals surface area contributed by atoms with Gasteiger partial charge in [-0.1, -0.05) is 6.92 Å². The van der Waals surface area contributed by atoms with Gasteiger partial charge in [-0.2, -0.15) is 13.2 Å². The zero-order valence-corrected chi connectivity index (χ0v) is 23.0. The van der Waals surface area contributed by atoms with Crippen molar-refractivity contribution in [3.8, 4) is 11.6 Å². The highest BCUT2D eigenvalue weighted by Crippen LogP contribution is 2.40. The SMILES string of the molecule is CC1CCC(C(=O)N(c2cc(F)c(Oc3ncc(Cc4cscn4)cc3C(F)(F)F)cc2C(=O)O)C(C)C)CC1. The average Bonchev–Trinajstić information content (AvgIpc) is 3.39. The van der Waals surface area contributed by atoms with Crippen LogP contribution in [0, 0.1) is 17.7 Å². The molecular weight excluding hydrogens is 550 g/mol. The van der Waals surface area contributed by atoms with Crippen LogP contribution in [0.5, 0.6) is 11.6 Å². The fraction of sp³-hybridized carbons (Fsp3) is 0.429. The molecule has 40 heavy (non-hydrogen) atoms. The minimum Gasteiger partial charge on any atom is -0.478 e. The molecule has 1 aromatic carbocycles. The molecule has 7 nitrogen and oxygen atoms in total. The largest absolute Gasteiger partial charge is 0.478 e. The van der Waals surface area contributed by atoms with E-state index in [2.05, 4.69) is 16.9 Å². The lowest BCUT2D eigenvalue weighted by atomic mass is 9.82. The van der Waals surface area contributed by atoms with E-state index in [1.807, 2.05) is 0 Å². The van der Waals surface area contributed by atoms with Crippen LogP contribution < -0.4 is 9.64 Å². The molecule has 0 saturated heterocycles. The third-order valence-corrected chi connectivity index (χ3v) is 7.58. The Morgan fingerprint density at radius 3 is 2.42 bits per heavy atom. The predicted octanol–water partition coefficient (Wildman–Crippen LogP) is 7.35. The highest BCUT2D eigenvalue weighted by Gasteiger charge is 2.37. The molecule has 1 N–H and O–H groups in total. The minimum absolute atomic E-state index is 0.102.